The predicted octanol–water partition coefficient (Wildman–Crippen LogP) is 8.92. The number of aliphatic carboxylic acids is 1. The van der Waals surface area contributed by atoms with Crippen LogP contribution in [0.2, 0.25) is 0 Å². The van der Waals surface area contributed by atoms with Crippen LogP contribution in [0.15, 0.2) is 0 Å². The van der Waals surface area contributed by atoms with Gasteiger partial charge in [-0.1, -0.05) is 136 Å². The second-order valence-electron chi connectivity index (χ2n) is 8.62. The molecule has 1 atom stereocenters. The molecule has 0 saturated carbocycles. The van der Waals surface area contributed by atoms with Gasteiger partial charge in [0.15, 0.2) is 0 Å². The van der Waals surface area contributed by atoms with E-state index in [-0.39, 0.29) is 5.92 Å². The summed E-state index contributed by atoms with van der Waals surface area (Å²) in [5.41, 5.74) is 0. The molecule has 0 aliphatic carbocycles. The number of carboxylic acids is 1. The fraction of sp³-hybridized carbons (Fsp3) is 0.960. The maximum atomic E-state index is 11.2. The highest BCUT2D eigenvalue weighted by Gasteiger charge is 2.15. The molecule has 0 saturated heterocycles. The zero-order valence-electron chi connectivity index (χ0n) is 18.8. The van der Waals surface area contributed by atoms with Gasteiger partial charge in [-0.2, -0.15) is 0 Å². The number of hydrogen-bond acceptors (Lipinski definition) is 1. The number of carbonyl (C=O) groups is 1. The summed E-state index contributed by atoms with van der Waals surface area (Å²) in [6, 6.07) is 0. The molecular formula is C25H50O2. The topological polar surface area (TPSA) is 37.3 Å². The largest absolute Gasteiger partial charge is 0.481 e. The van der Waals surface area contributed by atoms with Crippen LogP contribution >= 0.6 is 0 Å². The summed E-state index contributed by atoms with van der Waals surface area (Å²) in [6.45, 7) is 4.42. The van der Waals surface area contributed by atoms with Gasteiger partial charge in [0.25, 0.3) is 0 Å². The lowest BCUT2D eigenvalue weighted by atomic mass is 9.95. The third kappa shape index (κ3) is 20.0. The van der Waals surface area contributed by atoms with Gasteiger partial charge in [0.1, 0.15) is 0 Å². The Morgan fingerprint density at radius 2 is 0.815 bits per heavy atom. The van der Waals surface area contributed by atoms with Crippen molar-refractivity contribution in [2.45, 2.75) is 149 Å². The number of hydrogen-bond donors (Lipinski definition) is 1. The van der Waals surface area contributed by atoms with Crippen LogP contribution in [-0.4, -0.2) is 11.1 Å². The molecule has 2 heteroatoms. The first-order valence-electron chi connectivity index (χ1n) is 12.4. The van der Waals surface area contributed by atoms with Gasteiger partial charge in [-0.05, 0) is 12.8 Å². The molecule has 0 radical (unpaired) electrons. The van der Waals surface area contributed by atoms with E-state index in [2.05, 4.69) is 13.8 Å². The third-order valence-corrected chi connectivity index (χ3v) is 5.91. The normalized spacial score (nSPS) is 12.4. The molecule has 1 N–H and O–H groups in total. The van der Waals surface area contributed by atoms with Gasteiger partial charge < -0.3 is 5.11 Å². The molecule has 0 bridgehead atoms. The van der Waals surface area contributed by atoms with Crippen LogP contribution in [0.3, 0.4) is 0 Å². The van der Waals surface area contributed by atoms with Crippen molar-refractivity contribution >= 4 is 5.97 Å². The first kappa shape index (κ1) is 26.5. The summed E-state index contributed by atoms with van der Waals surface area (Å²) in [5.74, 6) is -0.679. The average Bonchev–Trinajstić information content (AvgIpc) is 2.66. The second-order valence-corrected chi connectivity index (χ2v) is 8.62. The molecule has 0 amide bonds. The Balaban J connectivity index is 3.21. The van der Waals surface area contributed by atoms with Gasteiger partial charge in [0.2, 0.25) is 0 Å². The maximum absolute atomic E-state index is 11.2. The third-order valence-electron chi connectivity index (χ3n) is 5.91. The van der Waals surface area contributed by atoms with Crippen molar-refractivity contribution in [2.75, 3.05) is 0 Å². The fourth-order valence-corrected chi connectivity index (χ4v) is 3.96. The van der Waals surface area contributed by atoms with Crippen LogP contribution in [-0.2, 0) is 4.79 Å². The molecule has 1 unspecified atom stereocenters. The highest BCUT2D eigenvalue weighted by Crippen LogP contribution is 2.18. The lowest BCUT2D eigenvalue weighted by Gasteiger charge is -2.11. The molecule has 0 aromatic carbocycles. The van der Waals surface area contributed by atoms with Crippen LogP contribution < -0.4 is 0 Å². The van der Waals surface area contributed by atoms with Crippen molar-refractivity contribution in [2.24, 2.45) is 5.92 Å². The number of unbranched alkanes of at least 4 members (excludes halogenated alkanes) is 17. The summed E-state index contributed by atoms with van der Waals surface area (Å²) in [5, 5.41) is 9.23. The standard InChI is InChI=1S/C25H50O2/c1-3-5-7-8-9-10-11-12-13-14-15-16-17-18-19-20-21-23-24(25(26)27)22-6-4-2/h24H,3-23H2,1-2H3,(H,26,27). The Bertz CT molecular complexity index is 301. The van der Waals surface area contributed by atoms with Gasteiger partial charge in [-0.25, -0.2) is 0 Å². The summed E-state index contributed by atoms with van der Waals surface area (Å²) in [7, 11) is 0. The van der Waals surface area contributed by atoms with Crippen molar-refractivity contribution in [1.82, 2.24) is 0 Å². The van der Waals surface area contributed by atoms with E-state index in [4.69, 9.17) is 0 Å². The Morgan fingerprint density at radius 1 is 0.519 bits per heavy atom. The maximum Gasteiger partial charge on any atom is 0.306 e. The molecule has 0 aromatic rings. The van der Waals surface area contributed by atoms with Crippen molar-refractivity contribution in [3.05, 3.63) is 0 Å². The molecule has 0 aliphatic rings. The van der Waals surface area contributed by atoms with Gasteiger partial charge in [0.05, 0.1) is 5.92 Å². The molecule has 27 heavy (non-hydrogen) atoms. The Hall–Kier alpha value is -0.530. The van der Waals surface area contributed by atoms with Crippen molar-refractivity contribution < 1.29 is 9.90 Å². The van der Waals surface area contributed by atoms with Crippen LogP contribution in [0.25, 0.3) is 0 Å². The van der Waals surface area contributed by atoms with Crippen LogP contribution in [0.4, 0.5) is 0 Å². The highest BCUT2D eigenvalue weighted by molar-refractivity contribution is 5.69. The molecule has 0 fully saturated rings. The fourth-order valence-electron chi connectivity index (χ4n) is 3.96. The average molecular weight is 383 g/mol. The van der Waals surface area contributed by atoms with Crippen molar-refractivity contribution in [3.8, 4) is 0 Å². The zero-order chi connectivity index (χ0) is 20.0. The smallest absolute Gasteiger partial charge is 0.306 e. The minimum atomic E-state index is -0.583. The lowest BCUT2D eigenvalue weighted by molar-refractivity contribution is -0.142. The minimum absolute atomic E-state index is 0.0960. The van der Waals surface area contributed by atoms with Crippen molar-refractivity contribution in [3.63, 3.8) is 0 Å². The van der Waals surface area contributed by atoms with Gasteiger partial charge in [0, 0.05) is 0 Å². The lowest BCUT2D eigenvalue weighted by Crippen LogP contribution is -2.13. The predicted molar refractivity (Wildman–Crippen MR) is 119 cm³/mol. The summed E-state index contributed by atoms with van der Waals surface area (Å²) in [6.07, 6.45) is 27.3. The molecular weight excluding hydrogens is 332 g/mol. The highest BCUT2D eigenvalue weighted by atomic mass is 16.4. The molecule has 162 valence electrons. The molecule has 0 aliphatic heterocycles. The summed E-state index contributed by atoms with van der Waals surface area (Å²) >= 11 is 0. The monoisotopic (exact) mass is 382 g/mol. The Labute approximate surface area is 170 Å². The molecule has 0 heterocycles. The Morgan fingerprint density at radius 3 is 1.15 bits per heavy atom. The summed E-state index contributed by atoms with van der Waals surface area (Å²) in [4.78, 5) is 11.2. The van der Waals surface area contributed by atoms with Gasteiger partial charge in [-0.3, -0.25) is 4.79 Å². The van der Waals surface area contributed by atoms with E-state index in [1.807, 2.05) is 0 Å². The van der Waals surface area contributed by atoms with E-state index < -0.39 is 5.97 Å². The van der Waals surface area contributed by atoms with Crippen molar-refractivity contribution in [1.29, 1.82) is 0 Å². The van der Waals surface area contributed by atoms with E-state index in [1.165, 1.54) is 103 Å². The van der Waals surface area contributed by atoms with E-state index >= 15 is 0 Å². The van der Waals surface area contributed by atoms with Crippen LogP contribution in [0.5, 0.6) is 0 Å². The van der Waals surface area contributed by atoms with E-state index in [0.717, 1.165) is 32.1 Å². The minimum Gasteiger partial charge on any atom is -0.481 e. The zero-order valence-corrected chi connectivity index (χ0v) is 18.8. The van der Waals surface area contributed by atoms with E-state index in [1.54, 1.807) is 0 Å². The summed E-state index contributed by atoms with van der Waals surface area (Å²) < 4.78 is 0. The Kier molecular flexibility index (Phi) is 21.3. The van der Waals surface area contributed by atoms with E-state index in [9.17, 15) is 9.90 Å². The SMILES string of the molecule is CCCCCCCCCCCCCCCCCCCC(CCCC)C(=O)O. The number of rotatable bonds is 22. The second kappa shape index (κ2) is 21.8. The first-order valence-corrected chi connectivity index (χ1v) is 12.4. The van der Waals surface area contributed by atoms with Crippen LogP contribution in [0.1, 0.15) is 149 Å². The first-order chi connectivity index (χ1) is 13.2. The van der Waals surface area contributed by atoms with E-state index in [0.29, 0.717) is 0 Å². The molecule has 0 rings (SSSR count). The molecule has 2 nitrogen and oxygen atoms in total. The van der Waals surface area contributed by atoms with Gasteiger partial charge >= 0.3 is 5.97 Å². The molecule has 0 aromatic heterocycles. The molecule has 0 spiro atoms. The van der Waals surface area contributed by atoms with Gasteiger partial charge in [-0.15, -0.1) is 0 Å². The van der Waals surface area contributed by atoms with Crippen LogP contribution in [0, 0.1) is 5.92 Å². The number of carboxylic acid groups (broad SMARTS) is 1. The quantitative estimate of drug-likeness (QED) is 0.190.